The van der Waals surface area contributed by atoms with Crippen molar-refractivity contribution in [2.24, 2.45) is 0 Å². The Morgan fingerprint density at radius 1 is 0.828 bits per heavy atom. The Hall–Kier alpha value is -1.42. The van der Waals surface area contributed by atoms with Crippen molar-refractivity contribution in [3.05, 3.63) is 0 Å². The molecular weight excluding hydrogens is 468 g/mol. The Bertz CT molecular complexity index is 680. The van der Waals surface area contributed by atoms with Crippen molar-refractivity contribution in [2.45, 2.75) is 54.6 Å². The highest BCUT2D eigenvalue weighted by Gasteiger charge is 2.81. The molecule has 1 unspecified atom stereocenters. The second-order valence-electron chi connectivity index (χ2n) is 5.63. The van der Waals surface area contributed by atoms with Crippen molar-refractivity contribution in [1.82, 2.24) is 0 Å². The summed E-state index contributed by atoms with van der Waals surface area (Å²) in [4.78, 5) is 11.4. The lowest BCUT2D eigenvalue weighted by atomic mass is 9.98. The number of halogens is 12. The third-order valence-corrected chi connectivity index (χ3v) is 5.57. The molecule has 0 aliphatic heterocycles. The molecule has 1 atom stereocenters. The second-order valence-corrected chi connectivity index (χ2v) is 7.94. The number of alkyl halides is 12. The first-order valence-corrected chi connectivity index (χ1v) is 8.81. The molecule has 29 heavy (non-hydrogen) atoms. The third-order valence-electron chi connectivity index (χ3n) is 3.50. The first kappa shape index (κ1) is 27.6. The van der Waals surface area contributed by atoms with Gasteiger partial charge in [0, 0.05) is 6.42 Å². The van der Waals surface area contributed by atoms with Crippen molar-refractivity contribution in [3.63, 3.8) is 0 Å². The molecule has 0 fully saturated rings. The van der Waals surface area contributed by atoms with Gasteiger partial charge in [-0.15, -0.1) is 0 Å². The first-order chi connectivity index (χ1) is 12.5. The van der Waals surface area contributed by atoms with Crippen LogP contribution in [0.2, 0.25) is 0 Å². The van der Waals surface area contributed by atoms with Crippen LogP contribution in [0.4, 0.5) is 52.7 Å². The Balaban J connectivity index is 5.73. The number of rotatable bonds is 9. The number of carbonyl (C=O) groups excluding carboxylic acids is 1. The minimum Gasteiger partial charge on any atom is -0.468 e. The fourth-order valence-electron chi connectivity index (χ4n) is 1.85. The van der Waals surface area contributed by atoms with Crippen LogP contribution in [0.25, 0.3) is 0 Å². The Morgan fingerprint density at radius 2 is 1.28 bits per heavy atom. The molecule has 0 aliphatic rings. The zero-order valence-corrected chi connectivity index (χ0v) is 14.8. The van der Waals surface area contributed by atoms with Gasteiger partial charge >= 0.3 is 36.1 Å². The lowest BCUT2D eigenvalue weighted by Gasteiger charge is -2.34. The molecule has 0 amide bonds. The zero-order chi connectivity index (χ0) is 23.7. The predicted octanol–water partition coefficient (Wildman–Crippen LogP) is 4.14. The van der Waals surface area contributed by atoms with E-state index in [1.165, 1.54) is 0 Å². The topological polar surface area (TPSA) is 60.4 Å². The highest BCUT2D eigenvalue weighted by Crippen LogP contribution is 2.54. The molecule has 174 valence electrons. The van der Waals surface area contributed by atoms with E-state index in [0.717, 1.165) is 0 Å². The van der Waals surface area contributed by atoms with E-state index in [1.54, 1.807) is 0 Å². The van der Waals surface area contributed by atoms with Crippen LogP contribution >= 0.6 is 0 Å². The van der Waals surface area contributed by atoms with Gasteiger partial charge in [0.1, 0.15) is 0 Å². The van der Waals surface area contributed by atoms with Gasteiger partial charge in [-0.2, -0.15) is 52.7 Å². The number of carbonyl (C=O) groups is 1. The van der Waals surface area contributed by atoms with E-state index in [9.17, 15) is 65.9 Å². The number of hydrogen-bond acceptors (Lipinski definition) is 4. The number of methoxy groups -OCH3 is 1. The molecule has 0 heterocycles. The van der Waals surface area contributed by atoms with Crippen molar-refractivity contribution in [2.75, 3.05) is 12.9 Å². The molecule has 0 aromatic rings. The van der Waals surface area contributed by atoms with Crippen LogP contribution < -0.4 is 0 Å². The average molecular weight is 480 g/mol. The lowest BCUT2D eigenvalue weighted by molar-refractivity contribution is -0.396. The molecule has 0 spiro atoms. The largest absolute Gasteiger partial charge is 0.468 e. The molecule has 0 N–H and O–H groups in total. The van der Waals surface area contributed by atoms with Gasteiger partial charge in [0.05, 0.1) is 19.3 Å². The van der Waals surface area contributed by atoms with Gasteiger partial charge in [-0.25, -0.2) is 8.42 Å². The monoisotopic (exact) mass is 480 g/mol. The standard InChI is InChI=1S/C12H12F12O4S/c1-28-7(25)6(29(26,27)5-4-9(15,16)17)2-3-8(13,14)10(18,19)11(20,21)12(22,23)24/h6H,2-5H2,1H3. The smallest absolute Gasteiger partial charge is 0.460 e. The predicted molar refractivity (Wildman–Crippen MR) is 70.4 cm³/mol. The highest BCUT2D eigenvalue weighted by atomic mass is 32.2. The molecule has 17 heteroatoms. The van der Waals surface area contributed by atoms with E-state index in [2.05, 4.69) is 4.74 Å². The van der Waals surface area contributed by atoms with Crippen LogP contribution in [0.3, 0.4) is 0 Å². The SMILES string of the molecule is COC(=O)C(CCC(F)(F)C(F)(F)C(F)(F)C(F)(F)F)S(=O)(=O)CCC(F)(F)F. The van der Waals surface area contributed by atoms with Gasteiger partial charge in [-0.1, -0.05) is 0 Å². The maximum Gasteiger partial charge on any atom is 0.460 e. The molecule has 0 bridgehead atoms. The minimum atomic E-state index is -7.24. The van der Waals surface area contributed by atoms with E-state index in [-0.39, 0.29) is 0 Å². The summed E-state index contributed by atoms with van der Waals surface area (Å²) < 4.78 is 178. The molecule has 0 saturated carbocycles. The molecular formula is C12H12F12O4S. The fraction of sp³-hybridized carbons (Fsp3) is 0.917. The average Bonchev–Trinajstić information content (AvgIpc) is 2.50. The lowest BCUT2D eigenvalue weighted by Crippen LogP contribution is -2.61. The van der Waals surface area contributed by atoms with Crippen LogP contribution in [0.5, 0.6) is 0 Å². The number of hydrogen-bond donors (Lipinski definition) is 0. The van der Waals surface area contributed by atoms with Crippen LogP contribution in [0.1, 0.15) is 19.3 Å². The maximum absolute atomic E-state index is 13.5. The van der Waals surface area contributed by atoms with E-state index in [0.29, 0.717) is 7.11 Å². The number of sulfone groups is 1. The Kier molecular flexibility index (Phi) is 7.96. The van der Waals surface area contributed by atoms with E-state index >= 15 is 0 Å². The van der Waals surface area contributed by atoms with Gasteiger partial charge < -0.3 is 4.74 Å². The third kappa shape index (κ3) is 6.28. The van der Waals surface area contributed by atoms with Crippen molar-refractivity contribution in [1.29, 1.82) is 0 Å². The van der Waals surface area contributed by atoms with Crippen molar-refractivity contribution in [3.8, 4) is 0 Å². The van der Waals surface area contributed by atoms with Gasteiger partial charge in [0.15, 0.2) is 15.1 Å². The van der Waals surface area contributed by atoms with Gasteiger partial charge in [0.2, 0.25) is 0 Å². The van der Waals surface area contributed by atoms with Gasteiger partial charge in [-0.05, 0) is 6.42 Å². The summed E-state index contributed by atoms with van der Waals surface area (Å²) in [5.74, 6) is -24.4. The second kappa shape index (κ2) is 8.37. The summed E-state index contributed by atoms with van der Waals surface area (Å²) in [6, 6.07) is 0. The summed E-state index contributed by atoms with van der Waals surface area (Å²) in [6.07, 6.45) is -19.0. The molecule has 4 nitrogen and oxygen atoms in total. The van der Waals surface area contributed by atoms with Crippen LogP contribution in [0.15, 0.2) is 0 Å². The molecule has 0 rings (SSSR count). The van der Waals surface area contributed by atoms with Gasteiger partial charge in [-0.3, -0.25) is 4.79 Å². The summed E-state index contributed by atoms with van der Waals surface area (Å²) in [7, 11) is -4.84. The van der Waals surface area contributed by atoms with E-state index < -0.39 is 76.2 Å². The van der Waals surface area contributed by atoms with Crippen LogP contribution in [-0.2, 0) is 19.4 Å². The molecule has 0 aromatic carbocycles. The summed E-state index contributed by atoms with van der Waals surface area (Å²) in [5.41, 5.74) is 0. The van der Waals surface area contributed by atoms with Crippen LogP contribution in [0, 0.1) is 0 Å². The minimum absolute atomic E-state index is 0.444. The first-order valence-electron chi connectivity index (χ1n) is 7.10. The maximum atomic E-state index is 13.5. The van der Waals surface area contributed by atoms with E-state index in [4.69, 9.17) is 0 Å². The number of ether oxygens (including phenoxy) is 1. The Morgan fingerprint density at radius 3 is 1.62 bits per heavy atom. The van der Waals surface area contributed by atoms with Crippen LogP contribution in [-0.4, -0.2) is 62.6 Å². The molecule has 0 radical (unpaired) electrons. The fourth-order valence-corrected chi connectivity index (χ4v) is 3.52. The normalized spacial score (nSPS) is 15.9. The summed E-state index contributed by atoms with van der Waals surface area (Å²) in [6.45, 7) is 0. The van der Waals surface area contributed by atoms with Gasteiger partial charge in [0.25, 0.3) is 0 Å². The molecule has 0 aliphatic carbocycles. The summed E-state index contributed by atoms with van der Waals surface area (Å²) >= 11 is 0. The Labute approximate surface area is 155 Å². The highest BCUT2D eigenvalue weighted by molar-refractivity contribution is 7.92. The molecule has 0 aromatic heterocycles. The van der Waals surface area contributed by atoms with Crippen molar-refractivity contribution >= 4 is 15.8 Å². The van der Waals surface area contributed by atoms with E-state index in [1.807, 2.05) is 0 Å². The summed E-state index contributed by atoms with van der Waals surface area (Å²) in [5, 5.41) is -2.93. The van der Waals surface area contributed by atoms with Crippen molar-refractivity contribution < 1.29 is 70.6 Å². The molecule has 0 saturated heterocycles. The zero-order valence-electron chi connectivity index (χ0n) is 14.0. The number of esters is 1. The quantitative estimate of drug-likeness (QED) is 0.368.